The zero-order chi connectivity index (χ0) is 28.3. The molecular formula is C28H30N6O5S. The van der Waals surface area contributed by atoms with Gasteiger partial charge in [-0.2, -0.15) is 0 Å². The minimum Gasteiger partial charge on any atom is -0.492 e. The van der Waals surface area contributed by atoms with Gasteiger partial charge in [0.2, 0.25) is 0 Å². The summed E-state index contributed by atoms with van der Waals surface area (Å²) in [4.78, 5) is 29.2. The van der Waals surface area contributed by atoms with E-state index in [0.717, 1.165) is 32.2 Å². The highest BCUT2D eigenvalue weighted by Crippen LogP contribution is 2.32. The second kappa shape index (κ2) is 11.4. The molecule has 0 saturated heterocycles. The third-order valence-corrected chi connectivity index (χ3v) is 7.06. The fourth-order valence-electron chi connectivity index (χ4n) is 3.90. The zero-order valence-electron chi connectivity index (χ0n) is 22.6. The van der Waals surface area contributed by atoms with Crippen molar-refractivity contribution in [3.05, 3.63) is 60.5 Å². The summed E-state index contributed by atoms with van der Waals surface area (Å²) in [7, 11) is 1.36. The standard InChI is InChI=1S/C28H30N6O5S/c1-28(2,3)23-14-24(33-39-23)32-26(36)30-18-7-5-17(6-8-18)20-16-34-21-10-9-19(13-22(21)40-27(34)31-20)38-12-11-29-15-25(35)37-4/h5-10,13-14,16,29H,11-12,15H2,1-4H3,(H2,30,32,33,36). The van der Waals surface area contributed by atoms with E-state index in [1.54, 1.807) is 17.4 Å². The van der Waals surface area contributed by atoms with Crippen LogP contribution in [0.5, 0.6) is 5.75 Å². The van der Waals surface area contributed by atoms with Gasteiger partial charge in [-0.25, -0.2) is 9.78 Å². The molecule has 5 aromatic rings. The molecule has 3 N–H and O–H groups in total. The van der Waals surface area contributed by atoms with E-state index in [9.17, 15) is 9.59 Å². The number of nitrogens with one attached hydrogen (secondary N) is 3. The Balaban J connectivity index is 1.19. The molecule has 0 spiro atoms. The summed E-state index contributed by atoms with van der Waals surface area (Å²) < 4.78 is 18.8. The molecule has 0 aliphatic rings. The highest BCUT2D eigenvalue weighted by atomic mass is 32.1. The number of carbonyl (C=O) groups excluding carboxylic acids is 2. The number of aromatic nitrogens is 3. The van der Waals surface area contributed by atoms with Gasteiger partial charge in [0.25, 0.3) is 0 Å². The Kier molecular flexibility index (Phi) is 7.71. The van der Waals surface area contributed by atoms with Gasteiger partial charge in [-0.05, 0) is 30.3 Å². The highest BCUT2D eigenvalue weighted by Gasteiger charge is 2.20. The molecular weight excluding hydrogens is 532 g/mol. The molecule has 0 fully saturated rings. The summed E-state index contributed by atoms with van der Waals surface area (Å²) in [5.74, 6) is 1.49. The van der Waals surface area contributed by atoms with Crippen molar-refractivity contribution in [2.24, 2.45) is 0 Å². The number of ether oxygens (including phenoxy) is 2. The first-order valence-corrected chi connectivity index (χ1v) is 13.5. The van der Waals surface area contributed by atoms with Crippen LogP contribution >= 0.6 is 11.3 Å². The molecule has 0 unspecified atom stereocenters. The maximum Gasteiger partial charge on any atom is 0.324 e. The second-order valence-electron chi connectivity index (χ2n) is 10.1. The fourth-order valence-corrected chi connectivity index (χ4v) is 4.94. The first kappa shape index (κ1) is 27.2. The SMILES string of the molecule is COC(=O)CNCCOc1ccc2c(c1)sc1nc(-c3ccc(NC(=O)Nc4cc(C(C)(C)C)on4)cc3)cn12. The highest BCUT2D eigenvalue weighted by molar-refractivity contribution is 7.23. The van der Waals surface area contributed by atoms with Gasteiger partial charge >= 0.3 is 12.0 Å². The molecule has 2 aromatic carbocycles. The van der Waals surface area contributed by atoms with Crippen LogP contribution in [0.15, 0.2) is 59.3 Å². The van der Waals surface area contributed by atoms with Gasteiger partial charge in [-0.3, -0.25) is 14.5 Å². The number of nitrogens with zero attached hydrogens (tertiary/aromatic N) is 3. The molecule has 0 aliphatic carbocycles. The van der Waals surface area contributed by atoms with E-state index in [2.05, 4.69) is 30.2 Å². The predicted octanol–water partition coefficient (Wildman–Crippen LogP) is 5.29. The van der Waals surface area contributed by atoms with Crippen LogP contribution in [0.4, 0.5) is 16.3 Å². The number of urea groups is 1. The first-order chi connectivity index (χ1) is 19.2. The van der Waals surface area contributed by atoms with Gasteiger partial charge in [0.05, 0.1) is 29.6 Å². The van der Waals surface area contributed by atoms with E-state index in [0.29, 0.717) is 30.4 Å². The van der Waals surface area contributed by atoms with Crippen molar-refractivity contribution in [2.45, 2.75) is 26.2 Å². The summed E-state index contributed by atoms with van der Waals surface area (Å²) in [5.41, 5.74) is 3.24. The molecule has 3 aromatic heterocycles. The number of amides is 2. The van der Waals surface area contributed by atoms with Crippen molar-refractivity contribution < 1.29 is 23.6 Å². The van der Waals surface area contributed by atoms with Crippen molar-refractivity contribution in [1.82, 2.24) is 19.9 Å². The quantitative estimate of drug-likeness (QED) is 0.163. The Labute approximate surface area is 234 Å². The van der Waals surface area contributed by atoms with Crippen LogP contribution in [-0.2, 0) is 14.9 Å². The van der Waals surface area contributed by atoms with Crippen LogP contribution in [0.1, 0.15) is 26.5 Å². The lowest BCUT2D eigenvalue weighted by Crippen LogP contribution is -2.27. The fraction of sp³-hybridized carbons (Fsp3) is 0.286. The minimum absolute atomic E-state index is 0.153. The molecule has 5 rings (SSSR count). The smallest absolute Gasteiger partial charge is 0.324 e. The van der Waals surface area contributed by atoms with E-state index in [-0.39, 0.29) is 17.9 Å². The number of thiazole rings is 1. The number of methoxy groups -OCH3 is 1. The van der Waals surface area contributed by atoms with Crippen molar-refractivity contribution in [1.29, 1.82) is 0 Å². The molecule has 12 heteroatoms. The molecule has 0 radical (unpaired) electrons. The Morgan fingerprint density at radius 1 is 1.07 bits per heavy atom. The van der Waals surface area contributed by atoms with Crippen LogP contribution < -0.4 is 20.7 Å². The van der Waals surface area contributed by atoms with Gasteiger partial charge in [0.1, 0.15) is 18.1 Å². The topological polar surface area (TPSA) is 132 Å². The average molecular weight is 563 g/mol. The molecule has 40 heavy (non-hydrogen) atoms. The first-order valence-electron chi connectivity index (χ1n) is 12.7. The van der Waals surface area contributed by atoms with E-state index in [1.807, 2.05) is 69.4 Å². The summed E-state index contributed by atoms with van der Waals surface area (Å²) in [5, 5.41) is 12.4. The maximum absolute atomic E-state index is 12.4. The number of carbonyl (C=O) groups is 2. The summed E-state index contributed by atoms with van der Waals surface area (Å²) in [6.07, 6.45) is 2.00. The van der Waals surface area contributed by atoms with E-state index in [4.69, 9.17) is 14.2 Å². The predicted molar refractivity (Wildman–Crippen MR) is 154 cm³/mol. The summed E-state index contributed by atoms with van der Waals surface area (Å²) >= 11 is 1.57. The molecule has 2 amide bonds. The third kappa shape index (κ3) is 6.24. The molecule has 0 atom stereocenters. The Hall–Kier alpha value is -4.42. The molecule has 0 saturated carbocycles. The van der Waals surface area contributed by atoms with Crippen molar-refractivity contribution in [2.75, 3.05) is 37.4 Å². The molecule has 0 aliphatic heterocycles. The van der Waals surface area contributed by atoms with Crippen molar-refractivity contribution in [3.8, 4) is 17.0 Å². The number of anilines is 2. The monoisotopic (exact) mass is 562 g/mol. The van der Waals surface area contributed by atoms with Crippen LogP contribution in [0.2, 0.25) is 0 Å². The number of fused-ring (bicyclic) bond motifs is 3. The molecule has 208 valence electrons. The zero-order valence-corrected chi connectivity index (χ0v) is 23.4. The largest absolute Gasteiger partial charge is 0.492 e. The molecule has 3 heterocycles. The minimum atomic E-state index is -0.406. The Morgan fingerprint density at radius 2 is 1.88 bits per heavy atom. The van der Waals surface area contributed by atoms with Gasteiger partial charge < -0.3 is 24.6 Å². The van der Waals surface area contributed by atoms with Crippen molar-refractivity contribution >= 4 is 50.0 Å². The second-order valence-corrected chi connectivity index (χ2v) is 11.1. The molecule has 0 bridgehead atoms. The summed E-state index contributed by atoms with van der Waals surface area (Å²) in [6.45, 7) is 7.14. The Morgan fingerprint density at radius 3 is 2.60 bits per heavy atom. The van der Waals surface area contributed by atoms with Crippen LogP contribution in [-0.4, -0.2) is 53.3 Å². The lowest BCUT2D eigenvalue weighted by atomic mass is 9.93. The lowest BCUT2D eigenvalue weighted by molar-refractivity contribution is -0.139. The number of esters is 1. The third-order valence-electron chi connectivity index (χ3n) is 6.04. The van der Waals surface area contributed by atoms with Crippen LogP contribution in [0.3, 0.4) is 0 Å². The summed E-state index contributed by atoms with van der Waals surface area (Å²) in [6, 6.07) is 14.7. The van der Waals surface area contributed by atoms with E-state index in [1.165, 1.54) is 7.11 Å². The van der Waals surface area contributed by atoms with E-state index < -0.39 is 6.03 Å². The number of hydrogen-bond donors (Lipinski definition) is 3. The normalized spacial score (nSPS) is 11.6. The maximum atomic E-state index is 12.4. The number of imidazole rings is 1. The van der Waals surface area contributed by atoms with Gasteiger partial charge in [-0.15, -0.1) is 0 Å². The molecule has 11 nitrogen and oxygen atoms in total. The van der Waals surface area contributed by atoms with Gasteiger partial charge in [0.15, 0.2) is 10.8 Å². The number of benzene rings is 2. The van der Waals surface area contributed by atoms with Crippen LogP contribution in [0, 0.1) is 0 Å². The lowest BCUT2D eigenvalue weighted by Gasteiger charge is -2.12. The van der Waals surface area contributed by atoms with Gasteiger partial charge in [-0.1, -0.05) is 49.4 Å². The van der Waals surface area contributed by atoms with Crippen molar-refractivity contribution in [3.63, 3.8) is 0 Å². The van der Waals surface area contributed by atoms with Crippen LogP contribution in [0.25, 0.3) is 26.4 Å². The number of rotatable bonds is 9. The van der Waals surface area contributed by atoms with E-state index >= 15 is 0 Å². The van der Waals surface area contributed by atoms with Gasteiger partial charge in [0, 0.05) is 35.5 Å². The number of hydrogen-bond acceptors (Lipinski definition) is 9. The average Bonchev–Trinajstić information content (AvgIpc) is 3.63. The Bertz CT molecular complexity index is 1650.